The van der Waals surface area contributed by atoms with E-state index in [2.05, 4.69) is 43.5 Å². The van der Waals surface area contributed by atoms with Crippen molar-refractivity contribution >= 4 is 23.3 Å². The van der Waals surface area contributed by atoms with Gasteiger partial charge in [-0.2, -0.15) is 0 Å². The minimum Gasteiger partial charge on any atom is -0.338 e. The summed E-state index contributed by atoms with van der Waals surface area (Å²) in [5.74, 6) is 2.77. The van der Waals surface area contributed by atoms with Crippen molar-refractivity contribution < 1.29 is 9.59 Å². The van der Waals surface area contributed by atoms with E-state index >= 15 is 0 Å². The van der Waals surface area contributed by atoms with Crippen LogP contribution in [0.5, 0.6) is 0 Å². The number of hydrogen-bond donors (Lipinski definition) is 2. The summed E-state index contributed by atoms with van der Waals surface area (Å²) in [6, 6.07) is 4.53. The Kier molecular flexibility index (Phi) is 5.87. The fourth-order valence-corrected chi connectivity index (χ4v) is 9.18. The molecule has 5 nitrogen and oxygen atoms in total. The molecule has 1 aromatic heterocycles. The molecule has 3 fully saturated rings. The van der Waals surface area contributed by atoms with Crippen molar-refractivity contribution in [3.05, 3.63) is 34.5 Å². The number of nitrogens with one attached hydrogen (secondary N) is 2. The zero-order valence-corrected chi connectivity index (χ0v) is 21.3. The van der Waals surface area contributed by atoms with Gasteiger partial charge >= 0.3 is 6.03 Å². The van der Waals surface area contributed by atoms with Crippen LogP contribution in [0.4, 0.5) is 4.79 Å². The van der Waals surface area contributed by atoms with Crippen molar-refractivity contribution in [3.8, 4) is 0 Å². The summed E-state index contributed by atoms with van der Waals surface area (Å²) in [6.07, 6.45) is 11.3. The van der Waals surface area contributed by atoms with Crippen LogP contribution in [0.3, 0.4) is 0 Å². The predicted molar refractivity (Wildman–Crippen MR) is 133 cm³/mol. The van der Waals surface area contributed by atoms with Crippen LogP contribution in [0.1, 0.15) is 64.2 Å². The number of hydrogen-bond acceptors (Lipinski definition) is 3. The Morgan fingerprint density at radius 2 is 2.03 bits per heavy atom. The number of nitrogens with zero attached hydrogens (tertiary/aromatic N) is 1. The number of thiophene rings is 1. The third kappa shape index (κ3) is 3.73. The predicted octanol–water partition coefficient (Wildman–Crippen LogP) is 5.19. The quantitative estimate of drug-likeness (QED) is 0.637. The highest BCUT2D eigenvalue weighted by Crippen LogP contribution is 2.65. The van der Waals surface area contributed by atoms with Gasteiger partial charge in [-0.15, -0.1) is 11.3 Å². The van der Waals surface area contributed by atoms with E-state index in [1.807, 2.05) is 29.5 Å². The maximum atomic E-state index is 12.6. The van der Waals surface area contributed by atoms with Crippen LogP contribution in [0, 0.1) is 34.5 Å². The smallest absolute Gasteiger partial charge is 0.315 e. The summed E-state index contributed by atoms with van der Waals surface area (Å²) in [5, 5.41) is 8.35. The monoisotopic (exact) mass is 469 g/mol. The molecule has 0 aromatic carbocycles. The van der Waals surface area contributed by atoms with E-state index in [0.717, 1.165) is 12.3 Å². The highest BCUT2D eigenvalue weighted by molar-refractivity contribution is 7.09. The Bertz CT molecular complexity index is 930. The molecular formula is C27H39N3O2S. The average molecular weight is 470 g/mol. The standard InChI is InChI=1S/C27H39N3O2S/c1-17(29-25(32)28-16-18-6-5-15-33-18)20-8-9-21-19-7-10-23-27(3,14-12-24(31)30(23)4)22(19)11-13-26(20,21)2/h5-6,12,14-15,17,19-23H,7-11,13,16H2,1-4H3,(H2,28,29,32)/t17?,19-,20+,21-,22-,23?,26+,27+/m0/s1. The first-order valence-electron chi connectivity index (χ1n) is 12.8. The molecule has 3 saturated carbocycles. The molecule has 3 aliphatic carbocycles. The molecule has 3 amide bonds. The Morgan fingerprint density at radius 1 is 1.21 bits per heavy atom. The number of carbonyl (C=O) groups excluding carboxylic acids is 2. The number of amides is 3. The van der Waals surface area contributed by atoms with Crippen LogP contribution in [0.25, 0.3) is 0 Å². The molecule has 0 radical (unpaired) electrons. The van der Waals surface area contributed by atoms with Crippen molar-refractivity contribution in [2.45, 2.75) is 77.9 Å². The van der Waals surface area contributed by atoms with Crippen LogP contribution >= 0.6 is 11.3 Å². The van der Waals surface area contributed by atoms with Crippen LogP contribution in [0.15, 0.2) is 29.7 Å². The molecule has 2 N–H and O–H groups in total. The minimum absolute atomic E-state index is 0.0512. The first-order chi connectivity index (χ1) is 15.7. The average Bonchev–Trinajstić information content (AvgIpc) is 3.42. The lowest BCUT2D eigenvalue weighted by Crippen LogP contribution is -2.60. The Labute approximate surface area is 202 Å². The minimum atomic E-state index is -0.0512. The van der Waals surface area contributed by atoms with Gasteiger partial charge < -0.3 is 15.5 Å². The Morgan fingerprint density at radius 3 is 2.79 bits per heavy atom. The second kappa shape index (κ2) is 8.44. The van der Waals surface area contributed by atoms with Crippen LogP contribution in [0.2, 0.25) is 0 Å². The summed E-state index contributed by atoms with van der Waals surface area (Å²) >= 11 is 1.67. The number of likely N-dealkylation sites (N-methyl/N-ethyl adjacent to an activating group) is 1. The SMILES string of the molecule is CC(NC(=O)NCc1cccs1)[C@H]1CC[C@H]2[C@@H]3CCC4N(C)C(=O)C=C[C@]4(C)[C@H]3CC[C@]12C. The highest BCUT2D eigenvalue weighted by atomic mass is 32.1. The highest BCUT2D eigenvalue weighted by Gasteiger charge is 2.60. The largest absolute Gasteiger partial charge is 0.338 e. The summed E-state index contributed by atoms with van der Waals surface area (Å²) in [5.41, 5.74) is 0.376. The lowest BCUT2D eigenvalue weighted by atomic mass is 9.47. The molecule has 8 atom stereocenters. The number of urea groups is 1. The van der Waals surface area contributed by atoms with E-state index in [1.165, 1.54) is 37.0 Å². The van der Waals surface area contributed by atoms with Gasteiger partial charge in [0, 0.05) is 29.4 Å². The van der Waals surface area contributed by atoms with Crippen molar-refractivity contribution in [3.63, 3.8) is 0 Å². The van der Waals surface area contributed by atoms with Gasteiger partial charge in [-0.3, -0.25) is 4.79 Å². The first kappa shape index (κ1) is 22.9. The van der Waals surface area contributed by atoms with Gasteiger partial charge in [0.05, 0.1) is 6.54 Å². The van der Waals surface area contributed by atoms with Gasteiger partial charge in [0.25, 0.3) is 0 Å². The molecule has 1 aromatic rings. The molecule has 6 heteroatoms. The molecule has 33 heavy (non-hydrogen) atoms. The van der Waals surface area contributed by atoms with E-state index < -0.39 is 0 Å². The zero-order chi connectivity index (χ0) is 23.4. The van der Waals surface area contributed by atoms with Gasteiger partial charge in [-0.1, -0.05) is 26.0 Å². The fraction of sp³-hybridized carbons (Fsp3) is 0.704. The molecule has 4 aliphatic rings. The van der Waals surface area contributed by atoms with E-state index in [-0.39, 0.29) is 28.8 Å². The lowest BCUT2D eigenvalue weighted by molar-refractivity contribution is -0.139. The van der Waals surface area contributed by atoms with Crippen molar-refractivity contribution in [2.24, 2.45) is 34.5 Å². The molecule has 0 saturated heterocycles. The van der Waals surface area contributed by atoms with Crippen LogP contribution < -0.4 is 10.6 Å². The summed E-state index contributed by atoms with van der Waals surface area (Å²) in [6.45, 7) is 7.71. The van der Waals surface area contributed by atoms with E-state index in [0.29, 0.717) is 30.3 Å². The topological polar surface area (TPSA) is 61.4 Å². The first-order valence-corrected chi connectivity index (χ1v) is 13.6. The third-order valence-corrected chi connectivity index (χ3v) is 11.0. The molecule has 5 rings (SSSR count). The molecule has 2 heterocycles. The van der Waals surface area contributed by atoms with Gasteiger partial charge in [0.1, 0.15) is 0 Å². The second-order valence-electron chi connectivity index (χ2n) is 11.5. The maximum Gasteiger partial charge on any atom is 0.315 e. The molecule has 0 bridgehead atoms. The van der Waals surface area contributed by atoms with Crippen molar-refractivity contribution in [1.82, 2.24) is 15.5 Å². The summed E-state index contributed by atoms with van der Waals surface area (Å²) in [7, 11) is 1.99. The van der Waals surface area contributed by atoms with Crippen LogP contribution in [-0.4, -0.2) is 36.0 Å². The Balaban J connectivity index is 1.27. The Hall–Kier alpha value is -1.82. The fourth-order valence-electron chi connectivity index (χ4n) is 8.54. The molecule has 1 aliphatic heterocycles. The summed E-state index contributed by atoms with van der Waals surface area (Å²) in [4.78, 5) is 28.1. The van der Waals surface area contributed by atoms with Gasteiger partial charge in [0.2, 0.25) is 5.91 Å². The van der Waals surface area contributed by atoms with E-state index in [9.17, 15) is 9.59 Å². The van der Waals surface area contributed by atoms with Crippen LogP contribution in [-0.2, 0) is 11.3 Å². The summed E-state index contributed by atoms with van der Waals surface area (Å²) < 4.78 is 0. The molecular weight excluding hydrogens is 430 g/mol. The molecule has 2 unspecified atom stereocenters. The van der Waals surface area contributed by atoms with E-state index in [1.54, 1.807) is 11.3 Å². The van der Waals surface area contributed by atoms with Crippen molar-refractivity contribution in [1.29, 1.82) is 0 Å². The zero-order valence-electron chi connectivity index (χ0n) is 20.5. The maximum absolute atomic E-state index is 12.6. The molecule has 180 valence electrons. The van der Waals surface area contributed by atoms with Gasteiger partial charge in [-0.25, -0.2) is 4.79 Å². The van der Waals surface area contributed by atoms with Gasteiger partial charge in [0.15, 0.2) is 0 Å². The normalized spacial score (nSPS) is 40.5. The van der Waals surface area contributed by atoms with Gasteiger partial charge in [-0.05, 0) is 92.1 Å². The molecule has 0 spiro atoms. The number of fused-ring (bicyclic) bond motifs is 5. The lowest BCUT2D eigenvalue weighted by Gasteiger charge is -2.60. The van der Waals surface area contributed by atoms with Crippen molar-refractivity contribution in [2.75, 3.05) is 7.05 Å². The second-order valence-corrected chi connectivity index (χ2v) is 12.6. The van der Waals surface area contributed by atoms with E-state index in [4.69, 9.17) is 0 Å². The third-order valence-electron chi connectivity index (χ3n) is 10.2. The number of rotatable bonds is 4. The number of carbonyl (C=O) groups is 2.